The first kappa shape index (κ1) is 13.5. The van der Waals surface area contributed by atoms with Gasteiger partial charge in [-0.1, -0.05) is 20.8 Å². The van der Waals surface area contributed by atoms with E-state index in [-0.39, 0.29) is 10.8 Å². The maximum absolute atomic E-state index is 5.58. The van der Waals surface area contributed by atoms with Crippen LogP contribution in [0.3, 0.4) is 0 Å². The third-order valence-electron chi connectivity index (χ3n) is 1.90. The summed E-state index contributed by atoms with van der Waals surface area (Å²) in [5.41, 5.74) is 4.12. The highest BCUT2D eigenvalue weighted by molar-refractivity contribution is 9.10. The molecule has 0 aromatic carbocycles. The van der Waals surface area contributed by atoms with Crippen molar-refractivity contribution in [1.29, 1.82) is 0 Å². The van der Waals surface area contributed by atoms with Gasteiger partial charge >= 0.3 is 0 Å². The summed E-state index contributed by atoms with van der Waals surface area (Å²) in [6.07, 6.45) is 0. The number of halogens is 1. The zero-order valence-electron chi connectivity index (χ0n) is 9.21. The molecule has 1 aromatic rings. The van der Waals surface area contributed by atoms with E-state index in [1.807, 2.05) is 11.8 Å². The van der Waals surface area contributed by atoms with Gasteiger partial charge in [0.2, 0.25) is 0 Å². The van der Waals surface area contributed by atoms with Crippen molar-refractivity contribution in [3.05, 3.63) is 20.8 Å². The van der Waals surface area contributed by atoms with Crippen molar-refractivity contribution in [1.82, 2.24) is 5.43 Å². The lowest BCUT2D eigenvalue weighted by molar-refractivity contribution is 0.607. The molecule has 0 aliphatic carbocycles. The molecule has 1 heterocycles. The van der Waals surface area contributed by atoms with Gasteiger partial charge in [-0.15, -0.1) is 0 Å². The monoisotopic (exact) mass is 308 g/mol. The molecule has 1 rings (SSSR count). The number of hydrazine groups is 1. The Morgan fingerprint density at radius 3 is 2.60 bits per heavy atom. The molecule has 5 heteroatoms. The minimum atomic E-state index is 0.217. The molecule has 0 radical (unpaired) electrons. The quantitative estimate of drug-likeness (QED) is 0.660. The van der Waals surface area contributed by atoms with Gasteiger partial charge in [0.25, 0.3) is 0 Å². The fourth-order valence-corrected chi connectivity index (χ4v) is 3.67. The van der Waals surface area contributed by atoms with Gasteiger partial charge in [0.05, 0.1) is 6.04 Å². The Labute approximate surface area is 108 Å². The van der Waals surface area contributed by atoms with E-state index in [9.17, 15) is 0 Å². The summed E-state index contributed by atoms with van der Waals surface area (Å²) in [6, 6.07) is 0.217. The Morgan fingerprint density at radius 1 is 1.53 bits per heavy atom. The molecule has 15 heavy (non-hydrogen) atoms. The molecule has 0 bridgehead atoms. The van der Waals surface area contributed by atoms with Crippen LogP contribution < -0.4 is 11.3 Å². The third-order valence-corrected chi connectivity index (χ3v) is 5.02. The van der Waals surface area contributed by atoms with Gasteiger partial charge in [-0.2, -0.15) is 23.1 Å². The van der Waals surface area contributed by atoms with Crippen LogP contribution in [-0.2, 0) is 0 Å². The van der Waals surface area contributed by atoms with Gasteiger partial charge in [0.1, 0.15) is 0 Å². The fraction of sp³-hybridized carbons (Fsp3) is 0.600. The summed E-state index contributed by atoms with van der Waals surface area (Å²) in [4.78, 5) is 0. The lowest BCUT2D eigenvalue weighted by Crippen LogP contribution is -2.30. The predicted molar refractivity (Wildman–Crippen MR) is 74.3 cm³/mol. The number of nitrogens with one attached hydrogen (secondary N) is 1. The van der Waals surface area contributed by atoms with Crippen LogP contribution in [0.2, 0.25) is 0 Å². The molecular weight excluding hydrogens is 292 g/mol. The smallest absolute Gasteiger partial charge is 0.0569 e. The number of hydrogen-bond donors (Lipinski definition) is 2. The normalized spacial score (nSPS) is 14.2. The molecular formula is C10H17BrN2S2. The first-order valence-corrected chi connectivity index (χ1v) is 7.48. The molecule has 1 aromatic heterocycles. The predicted octanol–water partition coefficient (Wildman–Crippen LogP) is 3.55. The number of thioether (sulfide) groups is 1. The highest BCUT2D eigenvalue weighted by Gasteiger charge is 2.18. The maximum Gasteiger partial charge on any atom is 0.0569 e. The number of rotatable bonds is 4. The van der Waals surface area contributed by atoms with E-state index >= 15 is 0 Å². The molecule has 86 valence electrons. The van der Waals surface area contributed by atoms with Crippen molar-refractivity contribution < 1.29 is 0 Å². The summed E-state index contributed by atoms with van der Waals surface area (Å²) in [5.74, 6) is 6.56. The van der Waals surface area contributed by atoms with Gasteiger partial charge in [0.15, 0.2) is 0 Å². The lowest BCUT2D eigenvalue weighted by Gasteiger charge is -2.22. The van der Waals surface area contributed by atoms with Crippen molar-refractivity contribution in [2.45, 2.75) is 31.6 Å². The van der Waals surface area contributed by atoms with Crippen molar-refractivity contribution in [3.63, 3.8) is 0 Å². The Balaban J connectivity index is 2.61. The molecule has 0 fully saturated rings. The van der Waals surface area contributed by atoms with E-state index in [0.717, 1.165) is 10.2 Å². The van der Waals surface area contributed by atoms with E-state index in [1.165, 1.54) is 5.56 Å². The third kappa shape index (κ3) is 4.44. The van der Waals surface area contributed by atoms with Gasteiger partial charge in [-0.3, -0.25) is 11.3 Å². The standard InChI is InChI=1S/C10H17BrN2S2/c1-10(2,3)15-6-9(13-12)7-4-14-5-8(7)11/h4-5,9,13H,6,12H2,1-3H3. The fourth-order valence-electron chi connectivity index (χ4n) is 1.10. The molecule has 0 saturated carbocycles. The summed E-state index contributed by atoms with van der Waals surface area (Å²) in [7, 11) is 0. The van der Waals surface area contributed by atoms with Crippen LogP contribution in [0.25, 0.3) is 0 Å². The van der Waals surface area contributed by atoms with Crippen LogP contribution in [0.5, 0.6) is 0 Å². The number of thiophene rings is 1. The first-order chi connectivity index (χ1) is 6.94. The van der Waals surface area contributed by atoms with Crippen molar-refractivity contribution in [2.75, 3.05) is 5.75 Å². The molecule has 0 aliphatic heterocycles. The van der Waals surface area contributed by atoms with E-state index in [4.69, 9.17) is 5.84 Å². The second-order valence-electron chi connectivity index (χ2n) is 4.32. The highest BCUT2D eigenvalue weighted by atomic mass is 79.9. The Morgan fingerprint density at radius 2 is 2.20 bits per heavy atom. The molecule has 0 amide bonds. The summed E-state index contributed by atoms with van der Waals surface area (Å²) < 4.78 is 1.42. The number of hydrogen-bond acceptors (Lipinski definition) is 4. The van der Waals surface area contributed by atoms with E-state index in [2.05, 4.69) is 52.9 Å². The topological polar surface area (TPSA) is 38.0 Å². The van der Waals surface area contributed by atoms with Crippen molar-refractivity contribution in [3.8, 4) is 0 Å². The summed E-state index contributed by atoms with van der Waals surface area (Å²) >= 11 is 7.14. The second-order valence-corrected chi connectivity index (χ2v) is 7.76. The van der Waals surface area contributed by atoms with Crippen LogP contribution in [0.4, 0.5) is 0 Å². The molecule has 2 nitrogen and oxygen atoms in total. The minimum absolute atomic E-state index is 0.217. The van der Waals surface area contributed by atoms with Crippen molar-refractivity contribution >= 4 is 39.0 Å². The molecule has 1 unspecified atom stereocenters. The minimum Gasteiger partial charge on any atom is -0.271 e. The largest absolute Gasteiger partial charge is 0.271 e. The van der Waals surface area contributed by atoms with E-state index < -0.39 is 0 Å². The van der Waals surface area contributed by atoms with Gasteiger partial charge in [0, 0.05) is 20.4 Å². The SMILES string of the molecule is CC(C)(C)SCC(NN)c1cscc1Br. The molecule has 3 N–H and O–H groups in total. The number of nitrogens with two attached hydrogens (primary N) is 1. The Bertz CT molecular complexity index is 307. The molecule has 1 atom stereocenters. The lowest BCUT2D eigenvalue weighted by atomic mass is 10.2. The zero-order chi connectivity index (χ0) is 11.5. The van der Waals surface area contributed by atoms with Gasteiger partial charge in [-0.05, 0) is 26.9 Å². The highest BCUT2D eigenvalue weighted by Crippen LogP contribution is 2.32. The molecule has 0 aliphatic rings. The van der Waals surface area contributed by atoms with Crippen molar-refractivity contribution in [2.24, 2.45) is 5.84 Å². The average Bonchev–Trinajstić information content (AvgIpc) is 2.52. The molecule has 0 saturated heterocycles. The second kappa shape index (κ2) is 5.68. The van der Waals surface area contributed by atoms with Gasteiger partial charge in [-0.25, -0.2) is 0 Å². The first-order valence-electron chi connectivity index (χ1n) is 4.75. The van der Waals surface area contributed by atoms with Crippen LogP contribution in [0.15, 0.2) is 15.2 Å². The van der Waals surface area contributed by atoms with Crippen LogP contribution in [0, 0.1) is 0 Å². The van der Waals surface area contributed by atoms with Crippen LogP contribution >= 0.6 is 39.0 Å². The van der Waals surface area contributed by atoms with E-state index in [0.29, 0.717) is 0 Å². The van der Waals surface area contributed by atoms with Crippen LogP contribution in [-0.4, -0.2) is 10.5 Å². The average molecular weight is 309 g/mol. The van der Waals surface area contributed by atoms with Gasteiger partial charge < -0.3 is 0 Å². The Hall–Kier alpha value is 0.450. The molecule has 0 spiro atoms. The zero-order valence-corrected chi connectivity index (χ0v) is 12.4. The van der Waals surface area contributed by atoms with Crippen LogP contribution in [0.1, 0.15) is 32.4 Å². The summed E-state index contributed by atoms with van der Waals surface area (Å²) in [5, 5.41) is 4.22. The summed E-state index contributed by atoms with van der Waals surface area (Å²) in [6.45, 7) is 6.65. The maximum atomic E-state index is 5.58. The Kier molecular flexibility index (Phi) is 5.12. The van der Waals surface area contributed by atoms with E-state index in [1.54, 1.807) is 11.3 Å².